The number of esters is 2. The normalized spacial score (nSPS) is 26.8. The van der Waals surface area contributed by atoms with Gasteiger partial charge in [-0.15, -0.1) is 0 Å². The number of aliphatic carboxylic acids is 2. The molecule has 4 atom stereocenters. The van der Waals surface area contributed by atoms with Gasteiger partial charge < -0.3 is 29.9 Å². The van der Waals surface area contributed by atoms with Gasteiger partial charge in [-0.05, 0) is 0 Å². The Balaban J connectivity index is 2.83. The van der Waals surface area contributed by atoms with Crippen LogP contribution < -0.4 is 0 Å². The van der Waals surface area contributed by atoms with Crippen LogP contribution in [0.4, 0.5) is 0 Å². The maximum absolute atomic E-state index is 11.2. The van der Waals surface area contributed by atoms with Crippen LogP contribution in [0.5, 0.6) is 0 Å². The van der Waals surface area contributed by atoms with Crippen molar-refractivity contribution in [3.63, 3.8) is 0 Å². The topological polar surface area (TPSA) is 168 Å². The first-order chi connectivity index (χ1) is 8.25. The van der Waals surface area contributed by atoms with Crippen LogP contribution in [0.15, 0.2) is 0 Å². The number of aliphatic hydroxyl groups is 2. The second-order valence-corrected chi connectivity index (χ2v) is 3.28. The number of hydrogen-bond acceptors (Lipinski definition) is 8. The Kier molecular flexibility index (Phi) is 3.83. The quantitative estimate of drug-likeness (QED) is 0.377. The van der Waals surface area contributed by atoms with E-state index in [-0.39, 0.29) is 0 Å². The molecule has 4 N–H and O–H groups in total. The molecule has 10 nitrogen and oxygen atoms in total. The molecule has 1 aliphatic heterocycles. The van der Waals surface area contributed by atoms with Gasteiger partial charge >= 0.3 is 23.9 Å². The van der Waals surface area contributed by atoms with Crippen LogP contribution in [-0.4, -0.2) is 68.7 Å². The van der Waals surface area contributed by atoms with E-state index in [2.05, 4.69) is 9.47 Å². The maximum atomic E-state index is 11.2. The molecule has 10 heteroatoms. The second kappa shape index (κ2) is 4.98. The van der Waals surface area contributed by atoms with Crippen molar-refractivity contribution in [3.8, 4) is 0 Å². The van der Waals surface area contributed by atoms with E-state index in [1.165, 1.54) is 0 Å². The molecule has 0 aromatic heterocycles. The van der Waals surface area contributed by atoms with Crippen LogP contribution >= 0.6 is 0 Å². The Bertz CT molecular complexity index is 363. The van der Waals surface area contributed by atoms with Gasteiger partial charge in [-0.2, -0.15) is 0 Å². The minimum atomic E-state index is -2.34. The third-order valence-corrected chi connectivity index (χ3v) is 2.03. The van der Waals surface area contributed by atoms with Gasteiger partial charge in [0.15, 0.2) is 12.2 Å². The lowest BCUT2D eigenvalue weighted by Gasteiger charge is -2.29. The molecular formula is C8H8O10. The summed E-state index contributed by atoms with van der Waals surface area (Å²) in [5.74, 6) is -6.59. The van der Waals surface area contributed by atoms with Gasteiger partial charge in [0.1, 0.15) is 0 Å². The Hall–Kier alpha value is -2.20. The average Bonchev–Trinajstić information content (AvgIpc) is 2.29. The predicted octanol–water partition coefficient (Wildman–Crippen LogP) is -3.29. The highest BCUT2D eigenvalue weighted by molar-refractivity contribution is 5.94. The third kappa shape index (κ3) is 2.55. The Morgan fingerprint density at radius 3 is 1.39 bits per heavy atom. The number of carboxylic acids is 2. The van der Waals surface area contributed by atoms with Gasteiger partial charge in [-0.3, -0.25) is 0 Å². The van der Waals surface area contributed by atoms with E-state index < -0.39 is 48.3 Å². The van der Waals surface area contributed by atoms with E-state index in [0.717, 1.165) is 0 Å². The molecule has 1 heterocycles. The number of hydrogen-bond donors (Lipinski definition) is 4. The highest BCUT2D eigenvalue weighted by Crippen LogP contribution is 2.16. The molecule has 1 fully saturated rings. The molecular weight excluding hydrogens is 256 g/mol. The van der Waals surface area contributed by atoms with Crippen LogP contribution in [0.1, 0.15) is 0 Å². The van der Waals surface area contributed by atoms with E-state index in [4.69, 9.17) is 20.4 Å². The lowest BCUT2D eigenvalue weighted by Crippen LogP contribution is -2.56. The van der Waals surface area contributed by atoms with Crippen molar-refractivity contribution in [2.24, 2.45) is 0 Å². The van der Waals surface area contributed by atoms with Crippen molar-refractivity contribution < 1.29 is 49.1 Å². The van der Waals surface area contributed by atoms with Crippen LogP contribution in [0, 0.1) is 0 Å². The van der Waals surface area contributed by atoms with Gasteiger partial charge in [0.2, 0.25) is 12.2 Å². The SMILES string of the molecule is O=C(O)[C@@H](O)[C@H]1OC(=O)[C@H]([C@@H](O)C(=O)O)OC1=O. The first-order valence-corrected chi connectivity index (χ1v) is 4.48. The molecule has 1 saturated heterocycles. The zero-order valence-electron chi connectivity index (χ0n) is 8.55. The Labute approximate surface area is 98.3 Å². The highest BCUT2D eigenvalue weighted by atomic mass is 16.7. The number of rotatable bonds is 4. The fourth-order valence-electron chi connectivity index (χ4n) is 1.13. The maximum Gasteiger partial charge on any atom is 0.351 e. The van der Waals surface area contributed by atoms with Crippen LogP contribution in [-0.2, 0) is 28.7 Å². The lowest BCUT2D eigenvalue weighted by molar-refractivity contribution is -0.213. The monoisotopic (exact) mass is 264 g/mol. The molecule has 18 heavy (non-hydrogen) atoms. The second-order valence-electron chi connectivity index (χ2n) is 3.28. The fraction of sp³-hybridized carbons (Fsp3) is 0.500. The molecule has 0 aliphatic carbocycles. The molecule has 0 aromatic carbocycles. The van der Waals surface area contributed by atoms with E-state index in [9.17, 15) is 19.2 Å². The summed E-state index contributed by atoms with van der Waals surface area (Å²) in [6.07, 6.45) is -8.90. The molecule has 0 bridgehead atoms. The van der Waals surface area contributed by atoms with Crippen molar-refractivity contribution in [2.75, 3.05) is 0 Å². The van der Waals surface area contributed by atoms with E-state index in [1.54, 1.807) is 0 Å². The van der Waals surface area contributed by atoms with Crippen LogP contribution in [0.2, 0.25) is 0 Å². The first-order valence-electron chi connectivity index (χ1n) is 4.48. The summed E-state index contributed by atoms with van der Waals surface area (Å²) in [5, 5.41) is 34.9. The molecule has 1 aliphatic rings. The van der Waals surface area contributed by atoms with Gasteiger partial charge in [-0.25, -0.2) is 19.2 Å². The minimum Gasteiger partial charge on any atom is -0.479 e. The van der Waals surface area contributed by atoms with Gasteiger partial charge in [0, 0.05) is 0 Å². The number of carbonyl (C=O) groups is 4. The van der Waals surface area contributed by atoms with Gasteiger partial charge in [0.25, 0.3) is 0 Å². The number of cyclic esters (lactones) is 2. The minimum absolute atomic E-state index is 1.46. The largest absolute Gasteiger partial charge is 0.479 e. The number of aliphatic hydroxyl groups excluding tert-OH is 2. The van der Waals surface area contributed by atoms with Gasteiger partial charge in [-0.1, -0.05) is 0 Å². The fourth-order valence-corrected chi connectivity index (χ4v) is 1.13. The van der Waals surface area contributed by atoms with Crippen molar-refractivity contribution in [2.45, 2.75) is 24.4 Å². The molecule has 100 valence electrons. The summed E-state index contributed by atoms with van der Waals surface area (Å²) in [5.41, 5.74) is 0. The summed E-state index contributed by atoms with van der Waals surface area (Å²) in [7, 11) is 0. The lowest BCUT2D eigenvalue weighted by atomic mass is 10.1. The molecule has 0 unspecified atom stereocenters. The first kappa shape index (κ1) is 13.9. The summed E-state index contributed by atoms with van der Waals surface area (Å²) in [4.78, 5) is 43.2. The van der Waals surface area contributed by atoms with Crippen molar-refractivity contribution in [3.05, 3.63) is 0 Å². The Morgan fingerprint density at radius 1 is 0.889 bits per heavy atom. The van der Waals surface area contributed by atoms with Gasteiger partial charge in [0.05, 0.1) is 0 Å². The zero-order valence-corrected chi connectivity index (χ0v) is 8.55. The molecule has 1 rings (SSSR count). The molecule has 0 aromatic rings. The van der Waals surface area contributed by atoms with E-state index in [0.29, 0.717) is 0 Å². The Morgan fingerprint density at radius 2 is 1.17 bits per heavy atom. The summed E-state index contributed by atoms with van der Waals surface area (Å²) >= 11 is 0. The highest BCUT2D eigenvalue weighted by Gasteiger charge is 2.48. The average molecular weight is 264 g/mol. The molecule has 0 saturated carbocycles. The number of carbonyl (C=O) groups excluding carboxylic acids is 2. The predicted molar refractivity (Wildman–Crippen MR) is 47.0 cm³/mol. The summed E-state index contributed by atoms with van der Waals surface area (Å²) in [6, 6.07) is 0. The molecule has 0 radical (unpaired) electrons. The van der Waals surface area contributed by atoms with Crippen molar-refractivity contribution >= 4 is 23.9 Å². The van der Waals surface area contributed by atoms with E-state index >= 15 is 0 Å². The summed E-state index contributed by atoms with van der Waals surface area (Å²) < 4.78 is 8.48. The number of carboxylic acid groups (broad SMARTS) is 2. The zero-order chi connectivity index (χ0) is 14.0. The number of ether oxygens (including phenoxy) is 2. The van der Waals surface area contributed by atoms with Crippen molar-refractivity contribution in [1.29, 1.82) is 0 Å². The smallest absolute Gasteiger partial charge is 0.351 e. The van der Waals surface area contributed by atoms with Crippen LogP contribution in [0.25, 0.3) is 0 Å². The third-order valence-electron chi connectivity index (χ3n) is 2.03. The van der Waals surface area contributed by atoms with Crippen LogP contribution in [0.3, 0.4) is 0 Å². The molecule has 0 amide bonds. The summed E-state index contributed by atoms with van der Waals surface area (Å²) in [6.45, 7) is 0. The molecule has 0 spiro atoms. The standard InChI is InChI=1S/C8H8O10/c9-1(5(11)12)3-7(15)18-4(8(16)17-3)2(10)6(13)14/h1-4,9-10H,(H,11,12)(H,13,14)/t1-,2+,3+,4-. The van der Waals surface area contributed by atoms with Crippen molar-refractivity contribution in [1.82, 2.24) is 0 Å². The van der Waals surface area contributed by atoms with E-state index in [1.807, 2.05) is 0 Å².